The van der Waals surface area contributed by atoms with Crippen molar-refractivity contribution in [1.82, 2.24) is 4.90 Å². The van der Waals surface area contributed by atoms with Crippen LogP contribution < -0.4 is 0 Å². The number of thioether (sulfide) groups is 1. The highest BCUT2D eigenvalue weighted by atomic mass is 32.2. The number of nitrogens with zero attached hydrogens (tertiary/aromatic N) is 4. The van der Waals surface area contributed by atoms with Gasteiger partial charge < -0.3 is 14.1 Å². The van der Waals surface area contributed by atoms with Gasteiger partial charge in [-0.15, -0.1) is 0 Å². The Hall–Kier alpha value is -4.09. The zero-order valence-electron chi connectivity index (χ0n) is 21.4. The van der Waals surface area contributed by atoms with Gasteiger partial charge in [0.25, 0.3) is 11.4 Å². The number of furan rings is 1. The third-order valence-electron chi connectivity index (χ3n) is 6.50. The monoisotopic (exact) mass is 564 g/mol. The van der Waals surface area contributed by atoms with Gasteiger partial charge in [-0.25, -0.2) is 0 Å². The van der Waals surface area contributed by atoms with Crippen LogP contribution in [0.1, 0.15) is 24.2 Å². The van der Waals surface area contributed by atoms with E-state index in [1.165, 1.54) is 18.3 Å². The lowest BCUT2D eigenvalue weighted by Crippen LogP contribution is -2.36. The van der Waals surface area contributed by atoms with Crippen LogP contribution in [0.25, 0.3) is 17.4 Å². The summed E-state index contributed by atoms with van der Waals surface area (Å²) >= 11 is 0.503. The fourth-order valence-electron chi connectivity index (χ4n) is 4.64. The third-order valence-corrected chi connectivity index (χ3v) is 7.22. The molecular weight excluding hydrogens is 538 g/mol. The number of benzene rings is 2. The number of ether oxygens (including phenoxy) is 1. The Bertz CT molecular complexity index is 1460. The summed E-state index contributed by atoms with van der Waals surface area (Å²) in [5.41, 5.74) is 5.06. The van der Waals surface area contributed by atoms with Crippen LogP contribution in [-0.2, 0) is 4.74 Å². The van der Waals surface area contributed by atoms with Crippen molar-refractivity contribution in [1.29, 1.82) is 0 Å². The highest BCUT2D eigenvalue weighted by Gasteiger charge is 2.25. The predicted molar refractivity (Wildman–Crippen MR) is 152 cm³/mol. The van der Waals surface area contributed by atoms with Crippen LogP contribution in [0, 0.1) is 10.1 Å². The molecule has 0 spiro atoms. The Morgan fingerprint density at radius 3 is 2.38 bits per heavy atom. The molecular formula is C29H26F2N4O4S. The van der Waals surface area contributed by atoms with E-state index < -0.39 is 10.7 Å². The zero-order chi connectivity index (χ0) is 27.9. The molecule has 1 saturated heterocycles. The first-order valence-electron chi connectivity index (χ1n) is 12.7. The normalized spacial score (nSPS) is 17.3. The number of rotatable bonds is 9. The smallest absolute Gasteiger partial charge is 0.288 e. The molecule has 0 radical (unpaired) electrons. The first kappa shape index (κ1) is 27.5. The quantitative estimate of drug-likeness (QED) is 0.120. The van der Waals surface area contributed by atoms with Crippen LogP contribution in [0.4, 0.5) is 14.5 Å². The fourth-order valence-corrected chi connectivity index (χ4v) is 5.14. The lowest BCUT2D eigenvalue weighted by atomic mass is 10.1. The van der Waals surface area contributed by atoms with Crippen LogP contribution in [0.5, 0.6) is 0 Å². The van der Waals surface area contributed by atoms with Gasteiger partial charge in [0.15, 0.2) is 0 Å². The number of alkyl halides is 2. The Balaban J connectivity index is 1.31. The molecule has 3 aromatic rings. The highest BCUT2D eigenvalue weighted by molar-refractivity contribution is 7.99. The molecule has 0 unspecified atom stereocenters. The molecule has 0 N–H and O–H groups in total. The average Bonchev–Trinajstić information content (AvgIpc) is 3.59. The van der Waals surface area contributed by atoms with E-state index >= 15 is 0 Å². The lowest BCUT2D eigenvalue weighted by Gasteiger charge is -2.31. The van der Waals surface area contributed by atoms with E-state index in [0.29, 0.717) is 41.4 Å². The van der Waals surface area contributed by atoms with Crippen LogP contribution in [0.2, 0.25) is 0 Å². The standard InChI is InChI=1S/C29H26F2N4O4S/c30-29(31)40-26-10-5-21(6-11-26)27-12-9-25(39-27)19-33-32-18-23-4-3-22(28(23)34-13-15-38-16-14-34)17-20-1-7-24(8-2-20)35(36)37/h1-2,5-12,17-19,29H,3-4,13-16H2/b22-17+,32-18+,33-19+. The molecule has 2 aliphatic rings. The minimum absolute atomic E-state index is 0.0637. The summed E-state index contributed by atoms with van der Waals surface area (Å²) in [5, 5.41) is 19.4. The summed E-state index contributed by atoms with van der Waals surface area (Å²) in [7, 11) is 0. The van der Waals surface area contributed by atoms with E-state index in [-0.39, 0.29) is 5.69 Å². The summed E-state index contributed by atoms with van der Waals surface area (Å²) in [6, 6.07) is 16.9. The molecule has 8 nitrogen and oxygen atoms in total. The number of nitro groups is 1. The molecule has 0 bridgehead atoms. The molecule has 0 atom stereocenters. The fraction of sp³-hybridized carbons (Fsp3) is 0.241. The molecule has 1 aliphatic carbocycles. The molecule has 2 aromatic carbocycles. The van der Waals surface area contributed by atoms with E-state index in [1.807, 2.05) is 0 Å². The maximum Gasteiger partial charge on any atom is 0.288 e. The molecule has 2 heterocycles. The minimum Gasteiger partial charge on any atom is -0.455 e. The SMILES string of the molecule is O=[N+]([O-])c1ccc(/C=C2\CCC(/C=N/N=C/c3ccc(-c4ccc(SC(F)F)cc4)o3)=C2N2CCOCC2)cc1. The van der Waals surface area contributed by atoms with E-state index in [2.05, 4.69) is 21.2 Å². The van der Waals surface area contributed by atoms with Crippen molar-refractivity contribution in [2.45, 2.75) is 23.5 Å². The molecule has 1 aromatic heterocycles. The van der Waals surface area contributed by atoms with Gasteiger partial charge in [-0.1, -0.05) is 23.9 Å². The van der Waals surface area contributed by atoms with Gasteiger partial charge in [0.2, 0.25) is 0 Å². The van der Waals surface area contributed by atoms with Gasteiger partial charge in [-0.2, -0.15) is 19.0 Å². The second-order valence-electron chi connectivity index (χ2n) is 9.09. The van der Waals surface area contributed by atoms with Gasteiger partial charge in [-0.05, 0) is 72.0 Å². The zero-order valence-corrected chi connectivity index (χ0v) is 22.2. The lowest BCUT2D eigenvalue weighted by molar-refractivity contribution is -0.384. The molecule has 1 fully saturated rings. The van der Waals surface area contributed by atoms with E-state index in [9.17, 15) is 18.9 Å². The minimum atomic E-state index is -2.46. The number of hydrogen-bond acceptors (Lipinski definition) is 8. The number of halogens is 2. The first-order valence-corrected chi connectivity index (χ1v) is 13.6. The summed E-state index contributed by atoms with van der Waals surface area (Å²) in [4.78, 5) is 13.4. The predicted octanol–water partition coefficient (Wildman–Crippen LogP) is 7.04. The van der Waals surface area contributed by atoms with Gasteiger partial charge in [0.05, 0.1) is 30.6 Å². The maximum atomic E-state index is 12.5. The van der Waals surface area contributed by atoms with Crippen molar-refractivity contribution >= 4 is 36.0 Å². The Morgan fingerprint density at radius 1 is 0.950 bits per heavy atom. The van der Waals surface area contributed by atoms with Gasteiger partial charge in [0, 0.05) is 41.4 Å². The highest BCUT2D eigenvalue weighted by Crippen LogP contribution is 2.35. The Kier molecular flexibility index (Phi) is 8.82. The van der Waals surface area contributed by atoms with Gasteiger partial charge >= 0.3 is 0 Å². The van der Waals surface area contributed by atoms with Crippen molar-refractivity contribution in [3.8, 4) is 11.3 Å². The van der Waals surface area contributed by atoms with Crippen LogP contribution >= 0.6 is 11.8 Å². The van der Waals surface area contributed by atoms with Crippen LogP contribution in [0.3, 0.4) is 0 Å². The number of hydrogen-bond donors (Lipinski definition) is 0. The maximum absolute atomic E-state index is 12.5. The number of morpholine rings is 1. The van der Waals surface area contributed by atoms with Crippen molar-refractivity contribution in [3.63, 3.8) is 0 Å². The molecule has 11 heteroatoms. The molecule has 40 heavy (non-hydrogen) atoms. The third kappa shape index (κ3) is 6.91. The van der Waals surface area contributed by atoms with Crippen molar-refractivity contribution < 1.29 is 22.9 Å². The van der Waals surface area contributed by atoms with Crippen LogP contribution in [-0.4, -0.2) is 54.3 Å². The molecule has 5 rings (SSSR count). The topological polar surface area (TPSA) is 93.5 Å². The number of allylic oxidation sites excluding steroid dienone is 2. The second-order valence-corrected chi connectivity index (χ2v) is 10.1. The largest absolute Gasteiger partial charge is 0.455 e. The summed E-state index contributed by atoms with van der Waals surface area (Å²) in [5.74, 6) is -1.33. The summed E-state index contributed by atoms with van der Waals surface area (Å²) in [6.07, 6.45) is 6.99. The van der Waals surface area contributed by atoms with Gasteiger partial charge in [-0.3, -0.25) is 10.1 Å². The van der Waals surface area contributed by atoms with E-state index in [1.54, 1.807) is 54.7 Å². The number of nitro benzene ring substituents is 1. The van der Waals surface area contributed by atoms with Crippen molar-refractivity contribution in [2.75, 3.05) is 26.3 Å². The molecule has 206 valence electrons. The average molecular weight is 565 g/mol. The van der Waals surface area contributed by atoms with E-state index in [0.717, 1.165) is 53.9 Å². The molecule has 1 aliphatic heterocycles. The van der Waals surface area contributed by atoms with Crippen molar-refractivity contribution in [2.24, 2.45) is 10.2 Å². The Labute approximate surface area is 233 Å². The molecule has 0 amide bonds. The van der Waals surface area contributed by atoms with Crippen LogP contribution in [0.15, 0.2) is 97.0 Å². The second kappa shape index (κ2) is 12.8. The van der Waals surface area contributed by atoms with E-state index in [4.69, 9.17) is 9.15 Å². The number of non-ortho nitro benzene ring substituents is 1. The summed E-state index contributed by atoms with van der Waals surface area (Å²) < 4.78 is 36.4. The Morgan fingerprint density at radius 2 is 1.68 bits per heavy atom. The summed E-state index contributed by atoms with van der Waals surface area (Å²) in [6.45, 7) is 2.83. The van der Waals surface area contributed by atoms with Crippen molar-refractivity contribution in [3.05, 3.63) is 98.9 Å². The first-order chi connectivity index (χ1) is 19.5. The molecule has 0 saturated carbocycles. The van der Waals surface area contributed by atoms with Gasteiger partial charge in [0.1, 0.15) is 11.5 Å².